The number of rotatable bonds is 5. The fraction of sp³-hybridized carbons (Fsp3) is 0.0500. The topological polar surface area (TPSA) is 61.4 Å². The van der Waals surface area contributed by atoms with Gasteiger partial charge in [-0.1, -0.05) is 69.5 Å². The summed E-state index contributed by atoms with van der Waals surface area (Å²) in [7, 11) is 0. The molecule has 3 N–H and O–H groups in total. The third-order valence-corrected chi connectivity index (χ3v) is 4.92. The number of nitrogens with one attached hydrogen (secondary N) is 2. The van der Waals surface area contributed by atoms with E-state index in [1.807, 2.05) is 12.1 Å². The molecule has 0 fully saturated rings. The summed E-state index contributed by atoms with van der Waals surface area (Å²) in [6, 6.07) is 20.3. The quantitative estimate of drug-likeness (QED) is 0.457. The van der Waals surface area contributed by atoms with E-state index in [4.69, 9.17) is 23.2 Å². The number of anilines is 1. The molecule has 4 nitrogen and oxygen atoms in total. The summed E-state index contributed by atoms with van der Waals surface area (Å²) in [5.74, 6) is -0.674. The van der Waals surface area contributed by atoms with Crippen LogP contribution in [0.5, 0.6) is 0 Å². The first-order chi connectivity index (χ1) is 12.9. The van der Waals surface area contributed by atoms with Crippen molar-refractivity contribution >= 4 is 50.7 Å². The highest BCUT2D eigenvalue weighted by atomic mass is 79.9. The van der Waals surface area contributed by atoms with Crippen LogP contribution in [-0.2, 0) is 10.4 Å². The second-order valence-corrected chi connectivity index (χ2v) is 7.61. The van der Waals surface area contributed by atoms with E-state index in [1.165, 1.54) is 0 Å². The maximum absolute atomic E-state index is 13.0. The molecular weight excluding hydrogens is 451 g/mol. The SMILES string of the molecule is O=C(NNc1cccc(Br)c1)C(O)(c1cccc(Cl)c1)c1cccc(Cl)c1. The largest absolute Gasteiger partial charge is 0.372 e. The summed E-state index contributed by atoms with van der Waals surface area (Å²) in [5, 5.41) is 12.2. The zero-order chi connectivity index (χ0) is 19.4. The standard InChI is InChI=1S/C20H15BrCl2N2O2/c21-15-6-3-9-18(12-15)24-25-19(26)20(27,13-4-1-7-16(22)10-13)14-5-2-8-17(23)11-14/h1-12,24,27H,(H,25,26). The highest BCUT2D eigenvalue weighted by molar-refractivity contribution is 9.10. The van der Waals surface area contributed by atoms with Gasteiger partial charge in [0, 0.05) is 14.5 Å². The van der Waals surface area contributed by atoms with Crippen molar-refractivity contribution < 1.29 is 9.90 Å². The van der Waals surface area contributed by atoms with E-state index in [1.54, 1.807) is 60.7 Å². The number of halogens is 3. The average molecular weight is 466 g/mol. The van der Waals surface area contributed by atoms with Crippen LogP contribution in [0.3, 0.4) is 0 Å². The Hall–Kier alpha value is -2.05. The lowest BCUT2D eigenvalue weighted by molar-refractivity contribution is -0.136. The zero-order valence-electron chi connectivity index (χ0n) is 13.9. The Morgan fingerprint density at radius 2 is 1.44 bits per heavy atom. The Balaban J connectivity index is 1.97. The molecule has 0 aliphatic carbocycles. The Labute approximate surface area is 175 Å². The first-order valence-corrected chi connectivity index (χ1v) is 9.51. The summed E-state index contributed by atoms with van der Waals surface area (Å²) in [6.07, 6.45) is 0. The van der Waals surface area contributed by atoms with E-state index in [-0.39, 0.29) is 0 Å². The number of hydrogen-bond donors (Lipinski definition) is 3. The maximum Gasteiger partial charge on any atom is 0.279 e. The van der Waals surface area contributed by atoms with Crippen LogP contribution in [0.15, 0.2) is 77.3 Å². The monoisotopic (exact) mass is 464 g/mol. The summed E-state index contributed by atoms with van der Waals surface area (Å²) >= 11 is 15.5. The number of benzene rings is 3. The first kappa shape index (κ1) is 19.7. The van der Waals surface area contributed by atoms with Gasteiger partial charge in [0.15, 0.2) is 5.60 Å². The van der Waals surface area contributed by atoms with Gasteiger partial charge in [0.25, 0.3) is 5.91 Å². The van der Waals surface area contributed by atoms with Gasteiger partial charge in [0.05, 0.1) is 5.69 Å². The predicted molar refractivity (Wildman–Crippen MR) is 112 cm³/mol. The van der Waals surface area contributed by atoms with Crippen molar-refractivity contribution in [3.8, 4) is 0 Å². The van der Waals surface area contributed by atoms with Crippen LogP contribution in [0.25, 0.3) is 0 Å². The molecule has 0 radical (unpaired) electrons. The highest BCUT2D eigenvalue weighted by Gasteiger charge is 2.40. The van der Waals surface area contributed by atoms with Gasteiger partial charge in [-0.25, -0.2) is 0 Å². The second kappa shape index (κ2) is 8.31. The van der Waals surface area contributed by atoms with Crippen molar-refractivity contribution in [2.24, 2.45) is 0 Å². The molecule has 0 saturated heterocycles. The third kappa shape index (κ3) is 4.45. The molecule has 0 bridgehead atoms. The fourth-order valence-electron chi connectivity index (χ4n) is 2.64. The molecule has 7 heteroatoms. The number of carbonyl (C=O) groups excluding carboxylic acids is 1. The number of hydrazine groups is 1. The molecule has 0 unspecified atom stereocenters. The molecular formula is C20H15BrCl2N2O2. The van der Waals surface area contributed by atoms with Crippen LogP contribution >= 0.6 is 39.1 Å². The van der Waals surface area contributed by atoms with Gasteiger partial charge in [0.2, 0.25) is 0 Å². The Morgan fingerprint density at radius 1 is 0.889 bits per heavy atom. The van der Waals surface area contributed by atoms with E-state index in [0.717, 1.165) is 4.47 Å². The lowest BCUT2D eigenvalue weighted by Gasteiger charge is -2.28. The molecule has 1 amide bonds. The van der Waals surface area contributed by atoms with Crippen LogP contribution in [-0.4, -0.2) is 11.0 Å². The molecule has 3 aromatic carbocycles. The lowest BCUT2D eigenvalue weighted by atomic mass is 9.85. The molecule has 0 heterocycles. The minimum Gasteiger partial charge on any atom is -0.372 e. The molecule has 0 spiro atoms. The predicted octanol–water partition coefficient (Wildman–Crippen LogP) is 5.14. The summed E-state index contributed by atoms with van der Waals surface area (Å²) in [6.45, 7) is 0. The van der Waals surface area contributed by atoms with Gasteiger partial charge in [-0.15, -0.1) is 0 Å². The number of amides is 1. The lowest BCUT2D eigenvalue weighted by Crippen LogP contribution is -2.47. The molecule has 138 valence electrons. The minimum absolute atomic E-state index is 0.325. The average Bonchev–Trinajstić information content (AvgIpc) is 2.65. The third-order valence-electron chi connectivity index (χ3n) is 3.96. The van der Waals surface area contributed by atoms with Crippen molar-refractivity contribution in [2.45, 2.75) is 5.60 Å². The van der Waals surface area contributed by atoms with Crippen molar-refractivity contribution in [1.82, 2.24) is 5.43 Å². The minimum atomic E-state index is -1.99. The second-order valence-electron chi connectivity index (χ2n) is 5.82. The maximum atomic E-state index is 13.0. The first-order valence-electron chi connectivity index (χ1n) is 7.96. The van der Waals surface area contributed by atoms with E-state index < -0.39 is 11.5 Å². The van der Waals surface area contributed by atoms with Crippen LogP contribution in [0.1, 0.15) is 11.1 Å². The van der Waals surface area contributed by atoms with Crippen molar-refractivity contribution in [1.29, 1.82) is 0 Å². The molecule has 0 atom stereocenters. The van der Waals surface area contributed by atoms with E-state index >= 15 is 0 Å². The van der Waals surface area contributed by atoms with Gasteiger partial charge in [-0.2, -0.15) is 0 Å². The van der Waals surface area contributed by atoms with Crippen LogP contribution in [0.2, 0.25) is 10.0 Å². The zero-order valence-corrected chi connectivity index (χ0v) is 17.0. The number of hydrogen-bond acceptors (Lipinski definition) is 3. The van der Waals surface area contributed by atoms with Crippen molar-refractivity contribution in [3.05, 3.63) is 98.4 Å². The van der Waals surface area contributed by atoms with Crippen LogP contribution in [0.4, 0.5) is 5.69 Å². The number of carbonyl (C=O) groups is 1. The highest BCUT2D eigenvalue weighted by Crippen LogP contribution is 2.33. The van der Waals surface area contributed by atoms with E-state index in [2.05, 4.69) is 26.8 Å². The summed E-state index contributed by atoms with van der Waals surface area (Å²) < 4.78 is 0.849. The fourth-order valence-corrected chi connectivity index (χ4v) is 3.42. The Kier molecular flexibility index (Phi) is 6.07. The molecule has 0 aliphatic rings. The summed E-state index contributed by atoms with van der Waals surface area (Å²) in [4.78, 5) is 13.0. The molecule has 0 aliphatic heterocycles. The molecule has 0 saturated carbocycles. The Bertz CT molecular complexity index is 936. The van der Waals surface area contributed by atoms with E-state index in [9.17, 15) is 9.90 Å². The molecule has 27 heavy (non-hydrogen) atoms. The van der Waals surface area contributed by atoms with Gasteiger partial charge in [-0.3, -0.25) is 15.6 Å². The van der Waals surface area contributed by atoms with Crippen LogP contribution < -0.4 is 10.9 Å². The van der Waals surface area contributed by atoms with Crippen molar-refractivity contribution in [3.63, 3.8) is 0 Å². The number of aliphatic hydroxyl groups is 1. The molecule has 3 aromatic rings. The van der Waals surface area contributed by atoms with E-state index in [0.29, 0.717) is 26.9 Å². The molecule has 0 aromatic heterocycles. The van der Waals surface area contributed by atoms with Gasteiger partial charge in [0.1, 0.15) is 0 Å². The van der Waals surface area contributed by atoms with Gasteiger partial charge in [-0.05, 0) is 53.6 Å². The smallest absolute Gasteiger partial charge is 0.279 e. The van der Waals surface area contributed by atoms with Crippen LogP contribution in [0, 0.1) is 0 Å². The summed E-state index contributed by atoms with van der Waals surface area (Å²) in [5.41, 5.74) is 4.67. The van der Waals surface area contributed by atoms with Crippen molar-refractivity contribution in [2.75, 3.05) is 5.43 Å². The van der Waals surface area contributed by atoms with Gasteiger partial charge >= 0.3 is 0 Å². The normalized spacial score (nSPS) is 11.1. The Morgan fingerprint density at radius 3 is 1.96 bits per heavy atom. The molecule has 3 rings (SSSR count). The van der Waals surface area contributed by atoms with Gasteiger partial charge < -0.3 is 5.11 Å².